The Hall–Kier alpha value is -0.890. The second-order valence-corrected chi connectivity index (χ2v) is 5.84. The van der Waals surface area contributed by atoms with Crippen LogP contribution in [0.3, 0.4) is 0 Å². The molecule has 1 atom stereocenters. The van der Waals surface area contributed by atoms with Crippen molar-refractivity contribution in [2.45, 2.75) is 77.7 Å². The number of aliphatic hydroxyl groups excluding tert-OH is 1. The van der Waals surface area contributed by atoms with Gasteiger partial charge in [0.1, 0.15) is 5.82 Å². The molecule has 0 amide bonds. The zero-order chi connectivity index (χ0) is 14.8. The third-order valence-corrected chi connectivity index (χ3v) is 3.91. The first-order chi connectivity index (χ1) is 9.63. The second kappa shape index (κ2) is 9.93. The minimum Gasteiger partial charge on any atom is -0.393 e. The molecular formula is C18H29FO. The standard InChI is InChI=1S/C18H29FO/c1-3-4-5-6-7-8-9-10-18(20)14-16-13-17(19)12-11-15(16)2/h11-13,18,20H,3-10,14H2,1-2H3. The molecule has 0 spiro atoms. The zero-order valence-corrected chi connectivity index (χ0v) is 13.0. The molecule has 0 aliphatic heterocycles. The third kappa shape index (κ3) is 7.04. The molecule has 1 rings (SSSR count). The van der Waals surface area contributed by atoms with Crippen molar-refractivity contribution >= 4 is 0 Å². The molecule has 0 fully saturated rings. The van der Waals surface area contributed by atoms with Crippen LogP contribution < -0.4 is 0 Å². The van der Waals surface area contributed by atoms with Crippen molar-refractivity contribution in [1.82, 2.24) is 0 Å². The first-order valence-corrected chi connectivity index (χ1v) is 8.06. The molecule has 2 heteroatoms. The van der Waals surface area contributed by atoms with Crippen molar-refractivity contribution in [2.75, 3.05) is 0 Å². The fourth-order valence-electron chi connectivity index (χ4n) is 2.55. The molecule has 1 N–H and O–H groups in total. The molecule has 0 bridgehead atoms. The molecule has 1 nitrogen and oxygen atoms in total. The summed E-state index contributed by atoms with van der Waals surface area (Å²) in [5.41, 5.74) is 1.99. The number of aryl methyl sites for hydroxylation is 1. The van der Waals surface area contributed by atoms with Crippen molar-refractivity contribution in [3.63, 3.8) is 0 Å². The van der Waals surface area contributed by atoms with Crippen LogP contribution in [0.2, 0.25) is 0 Å². The maximum atomic E-state index is 13.2. The summed E-state index contributed by atoms with van der Waals surface area (Å²) in [6.07, 6.45) is 9.85. The van der Waals surface area contributed by atoms with Gasteiger partial charge in [0, 0.05) is 0 Å². The number of rotatable bonds is 10. The molecule has 0 saturated carbocycles. The summed E-state index contributed by atoms with van der Waals surface area (Å²) in [6, 6.07) is 4.80. The van der Waals surface area contributed by atoms with E-state index in [0.717, 1.165) is 24.0 Å². The van der Waals surface area contributed by atoms with E-state index in [1.807, 2.05) is 6.92 Å². The van der Waals surface area contributed by atoms with Crippen LogP contribution in [0.25, 0.3) is 0 Å². The number of halogens is 1. The maximum Gasteiger partial charge on any atom is 0.123 e. The van der Waals surface area contributed by atoms with E-state index in [1.54, 1.807) is 12.1 Å². The molecule has 0 saturated heterocycles. The number of hydrogen-bond acceptors (Lipinski definition) is 1. The summed E-state index contributed by atoms with van der Waals surface area (Å²) in [5, 5.41) is 10.0. The smallest absolute Gasteiger partial charge is 0.123 e. The van der Waals surface area contributed by atoms with E-state index in [4.69, 9.17) is 0 Å². The highest BCUT2D eigenvalue weighted by molar-refractivity contribution is 5.27. The van der Waals surface area contributed by atoms with E-state index in [-0.39, 0.29) is 11.9 Å². The van der Waals surface area contributed by atoms with Gasteiger partial charge in [-0.15, -0.1) is 0 Å². The Labute approximate surface area is 123 Å². The molecule has 0 aliphatic carbocycles. The molecule has 1 aromatic rings. The Bertz CT molecular complexity index is 376. The van der Waals surface area contributed by atoms with Gasteiger partial charge in [0.05, 0.1) is 6.10 Å². The Morgan fingerprint density at radius 3 is 2.40 bits per heavy atom. The molecule has 0 aliphatic rings. The van der Waals surface area contributed by atoms with Crippen molar-refractivity contribution in [3.05, 3.63) is 35.1 Å². The summed E-state index contributed by atoms with van der Waals surface area (Å²) in [7, 11) is 0. The number of unbranched alkanes of at least 4 members (excludes halogenated alkanes) is 6. The van der Waals surface area contributed by atoms with Crippen LogP contribution in [-0.4, -0.2) is 11.2 Å². The Morgan fingerprint density at radius 2 is 1.70 bits per heavy atom. The van der Waals surface area contributed by atoms with Gasteiger partial charge < -0.3 is 5.11 Å². The summed E-state index contributed by atoms with van der Waals surface area (Å²) in [5.74, 6) is -0.214. The van der Waals surface area contributed by atoms with Crippen molar-refractivity contribution < 1.29 is 9.50 Å². The molecule has 0 radical (unpaired) electrons. The summed E-state index contributed by atoms with van der Waals surface area (Å²) >= 11 is 0. The lowest BCUT2D eigenvalue weighted by Crippen LogP contribution is -2.11. The minimum atomic E-state index is -0.342. The molecule has 0 heterocycles. The topological polar surface area (TPSA) is 20.2 Å². The van der Waals surface area contributed by atoms with Gasteiger partial charge in [0.2, 0.25) is 0 Å². The monoisotopic (exact) mass is 280 g/mol. The predicted octanol–water partition coefficient (Wildman–Crippen LogP) is 5.18. The summed E-state index contributed by atoms with van der Waals surface area (Å²) in [6.45, 7) is 4.19. The highest BCUT2D eigenvalue weighted by atomic mass is 19.1. The number of hydrogen-bond donors (Lipinski definition) is 1. The van der Waals surface area contributed by atoms with Gasteiger partial charge in [0.15, 0.2) is 0 Å². The van der Waals surface area contributed by atoms with Crippen molar-refractivity contribution in [1.29, 1.82) is 0 Å². The SMILES string of the molecule is CCCCCCCCCC(O)Cc1cc(F)ccc1C. The Kier molecular flexibility index (Phi) is 8.52. The first kappa shape index (κ1) is 17.2. The van der Waals surface area contributed by atoms with Gasteiger partial charge in [-0.3, -0.25) is 0 Å². The molecule has 20 heavy (non-hydrogen) atoms. The van der Waals surface area contributed by atoms with E-state index < -0.39 is 0 Å². The van der Waals surface area contributed by atoms with Gasteiger partial charge in [-0.2, -0.15) is 0 Å². The van der Waals surface area contributed by atoms with Gasteiger partial charge in [-0.05, 0) is 43.0 Å². The van der Waals surface area contributed by atoms with Crippen molar-refractivity contribution in [3.8, 4) is 0 Å². The van der Waals surface area contributed by atoms with Gasteiger partial charge in [0.25, 0.3) is 0 Å². The minimum absolute atomic E-state index is 0.214. The van der Waals surface area contributed by atoms with Gasteiger partial charge >= 0.3 is 0 Å². The summed E-state index contributed by atoms with van der Waals surface area (Å²) < 4.78 is 13.2. The lowest BCUT2D eigenvalue weighted by atomic mass is 9.98. The first-order valence-electron chi connectivity index (χ1n) is 8.06. The fraction of sp³-hybridized carbons (Fsp3) is 0.667. The van der Waals surface area contributed by atoms with Crippen LogP contribution in [-0.2, 0) is 6.42 Å². The van der Waals surface area contributed by atoms with Crippen molar-refractivity contribution in [2.24, 2.45) is 0 Å². The Balaban J connectivity index is 2.17. The lowest BCUT2D eigenvalue weighted by Gasteiger charge is -2.12. The zero-order valence-electron chi connectivity index (χ0n) is 13.0. The van der Waals surface area contributed by atoms with Crippen LogP contribution in [0, 0.1) is 12.7 Å². The molecule has 1 unspecified atom stereocenters. The van der Waals surface area contributed by atoms with E-state index in [0.29, 0.717) is 6.42 Å². The quantitative estimate of drug-likeness (QED) is 0.586. The number of aliphatic hydroxyl groups is 1. The molecule has 1 aromatic carbocycles. The van der Waals surface area contributed by atoms with E-state index in [1.165, 1.54) is 44.6 Å². The molecular weight excluding hydrogens is 251 g/mol. The Morgan fingerprint density at radius 1 is 1.05 bits per heavy atom. The molecule has 114 valence electrons. The van der Waals surface area contributed by atoms with E-state index in [2.05, 4.69) is 6.92 Å². The fourth-order valence-corrected chi connectivity index (χ4v) is 2.55. The van der Waals surface area contributed by atoms with Crippen LogP contribution >= 0.6 is 0 Å². The van der Waals surface area contributed by atoms with E-state index >= 15 is 0 Å². The number of benzene rings is 1. The van der Waals surface area contributed by atoms with Crippen LogP contribution in [0.4, 0.5) is 4.39 Å². The highest BCUT2D eigenvalue weighted by Crippen LogP contribution is 2.16. The van der Waals surface area contributed by atoms with Gasteiger partial charge in [-0.1, -0.05) is 57.9 Å². The lowest BCUT2D eigenvalue weighted by molar-refractivity contribution is 0.160. The van der Waals surface area contributed by atoms with Gasteiger partial charge in [-0.25, -0.2) is 4.39 Å². The normalized spacial score (nSPS) is 12.6. The second-order valence-electron chi connectivity index (χ2n) is 5.84. The van der Waals surface area contributed by atoms with Crippen LogP contribution in [0.5, 0.6) is 0 Å². The largest absolute Gasteiger partial charge is 0.393 e. The van der Waals surface area contributed by atoms with Crippen LogP contribution in [0.1, 0.15) is 69.4 Å². The summed E-state index contributed by atoms with van der Waals surface area (Å²) in [4.78, 5) is 0. The highest BCUT2D eigenvalue weighted by Gasteiger charge is 2.08. The average Bonchev–Trinajstić information content (AvgIpc) is 2.42. The van der Waals surface area contributed by atoms with E-state index in [9.17, 15) is 9.50 Å². The third-order valence-electron chi connectivity index (χ3n) is 3.91. The maximum absolute atomic E-state index is 13.2. The molecule has 0 aromatic heterocycles. The average molecular weight is 280 g/mol. The van der Waals surface area contributed by atoms with Crippen LogP contribution in [0.15, 0.2) is 18.2 Å². The predicted molar refractivity (Wildman–Crippen MR) is 83.5 cm³/mol.